The maximum Gasteiger partial charge on any atom is 0.119 e. The summed E-state index contributed by atoms with van der Waals surface area (Å²) < 4.78 is 5.44. The van der Waals surface area contributed by atoms with E-state index in [1.165, 1.54) is 24.8 Å². The minimum absolute atomic E-state index is 0.140. The van der Waals surface area contributed by atoms with E-state index in [0.29, 0.717) is 6.61 Å². The van der Waals surface area contributed by atoms with Crippen LogP contribution in [0.3, 0.4) is 0 Å². The largest absolute Gasteiger partial charge is 0.494 e. The van der Waals surface area contributed by atoms with Gasteiger partial charge in [0.25, 0.3) is 0 Å². The van der Waals surface area contributed by atoms with E-state index in [2.05, 4.69) is 17.0 Å². The SMILES string of the molecule is CCOc1ccc([C@H](CO)N2CCCCC2)cc1. The highest BCUT2D eigenvalue weighted by molar-refractivity contribution is 5.29. The van der Waals surface area contributed by atoms with Crippen LogP contribution in [0.2, 0.25) is 0 Å². The highest BCUT2D eigenvalue weighted by Gasteiger charge is 2.21. The molecule has 0 spiro atoms. The van der Waals surface area contributed by atoms with E-state index >= 15 is 0 Å². The summed E-state index contributed by atoms with van der Waals surface area (Å²) in [7, 11) is 0. The molecule has 1 saturated heterocycles. The molecule has 18 heavy (non-hydrogen) atoms. The van der Waals surface area contributed by atoms with Gasteiger partial charge in [-0.05, 0) is 50.6 Å². The van der Waals surface area contributed by atoms with Crippen molar-refractivity contribution in [2.75, 3.05) is 26.3 Å². The first-order valence-electron chi connectivity index (χ1n) is 6.93. The summed E-state index contributed by atoms with van der Waals surface area (Å²) in [4.78, 5) is 2.39. The van der Waals surface area contributed by atoms with E-state index in [-0.39, 0.29) is 12.6 Å². The number of piperidine rings is 1. The van der Waals surface area contributed by atoms with Crippen molar-refractivity contribution >= 4 is 0 Å². The Hall–Kier alpha value is -1.06. The first-order chi connectivity index (χ1) is 8.85. The van der Waals surface area contributed by atoms with Gasteiger partial charge in [0.1, 0.15) is 5.75 Å². The van der Waals surface area contributed by atoms with Gasteiger partial charge >= 0.3 is 0 Å². The summed E-state index contributed by atoms with van der Waals surface area (Å²) in [5.74, 6) is 0.900. The van der Waals surface area contributed by atoms with Crippen LogP contribution in [0.5, 0.6) is 5.75 Å². The molecular weight excluding hydrogens is 226 g/mol. The molecule has 0 unspecified atom stereocenters. The zero-order valence-corrected chi connectivity index (χ0v) is 11.1. The van der Waals surface area contributed by atoms with Crippen molar-refractivity contribution in [2.45, 2.75) is 32.2 Å². The lowest BCUT2D eigenvalue weighted by Gasteiger charge is -2.33. The normalized spacial score (nSPS) is 18.6. The average Bonchev–Trinajstić information content (AvgIpc) is 2.43. The summed E-state index contributed by atoms with van der Waals surface area (Å²) in [6, 6.07) is 8.26. The zero-order chi connectivity index (χ0) is 12.8. The van der Waals surface area contributed by atoms with E-state index in [9.17, 15) is 5.11 Å². The van der Waals surface area contributed by atoms with Crippen LogP contribution in [0.25, 0.3) is 0 Å². The number of aliphatic hydroxyl groups is 1. The lowest BCUT2D eigenvalue weighted by Crippen LogP contribution is -2.35. The molecule has 0 radical (unpaired) electrons. The molecule has 100 valence electrons. The fourth-order valence-corrected chi connectivity index (χ4v) is 2.61. The summed E-state index contributed by atoms with van der Waals surface area (Å²) in [5, 5.41) is 9.63. The van der Waals surface area contributed by atoms with Crippen molar-refractivity contribution in [2.24, 2.45) is 0 Å². The number of likely N-dealkylation sites (tertiary alicyclic amines) is 1. The molecule has 0 saturated carbocycles. The van der Waals surface area contributed by atoms with Crippen molar-refractivity contribution in [3.05, 3.63) is 29.8 Å². The highest BCUT2D eigenvalue weighted by Crippen LogP contribution is 2.25. The molecule has 1 aliphatic rings. The molecule has 1 atom stereocenters. The van der Waals surface area contributed by atoms with Crippen LogP contribution in [0.15, 0.2) is 24.3 Å². The van der Waals surface area contributed by atoms with Crippen LogP contribution in [0.4, 0.5) is 0 Å². The Kier molecular flexibility index (Phi) is 5.02. The molecule has 3 heteroatoms. The molecule has 0 aliphatic carbocycles. The minimum atomic E-state index is 0.140. The van der Waals surface area contributed by atoms with Crippen LogP contribution in [-0.2, 0) is 0 Å². The number of rotatable bonds is 5. The van der Waals surface area contributed by atoms with Gasteiger partial charge in [-0.3, -0.25) is 4.90 Å². The molecule has 0 aromatic heterocycles. The monoisotopic (exact) mass is 249 g/mol. The predicted molar refractivity (Wildman–Crippen MR) is 72.9 cm³/mol. The summed E-state index contributed by atoms with van der Waals surface area (Å²) >= 11 is 0. The van der Waals surface area contributed by atoms with Crippen molar-refractivity contribution < 1.29 is 9.84 Å². The molecular formula is C15H23NO2. The molecule has 1 fully saturated rings. The zero-order valence-electron chi connectivity index (χ0n) is 11.1. The quantitative estimate of drug-likeness (QED) is 0.870. The van der Waals surface area contributed by atoms with Gasteiger partial charge in [0.05, 0.1) is 19.3 Å². The molecule has 1 N–H and O–H groups in total. The van der Waals surface area contributed by atoms with Gasteiger partial charge in [0.2, 0.25) is 0 Å². The molecule has 1 aromatic carbocycles. The van der Waals surface area contributed by atoms with Gasteiger partial charge < -0.3 is 9.84 Å². The summed E-state index contributed by atoms with van der Waals surface area (Å²) in [6.45, 7) is 5.05. The molecule has 1 heterocycles. The van der Waals surface area contributed by atoms with Gasteiger partial charge in [0, 0.05) is 0 Å². The first kappa shape index (κ1) is 13.4. The second-order valence-electron chi connectivity index (χ2n) is 4.80. The highest BCUT2D eigenvalue weighted by atomic mass is 16.5. The lowest BCUT2D eigenvalue weighted by atomic mass is 10.0. The van der Waals surface area contributed by atoms with Crippen molar-refractivity contribution in [1.29, 1.82) is 0 Å². The van der Waals surface area contributed by atoms with Crippen LogP contribution in [-0.4, -0.2) is 36.3 Å². The van der Waals surface area contributed by atoms with Crippen LogP contribution in [0, 0.1) is 0 Å². The Labute approximate surface area is 109 Å². The van der Waals surface area contributed by atoms with Crippen molar-refractivity contribution in [1.82, 2.24) is 4.90 Å². The van der Waals surface area contributed by atoms with Crippen molar-refractivity contribution in [3.8, 4) is 5.75 Å². The molecule has 1 aromatic rings. The number of nitrogens with zero attached hydrogens (tertiary/aromatic N) is 1. The van der Waals surface area contributed by atoms with Gasteiger partial charge in [0.15, 0.2) is 0 Å². The predicted octanol–water partition coefficient (Wildman–Crippen LogP) is 2.60. The van der Waals surface area contributed by atoms with Gasteiger partial charge in [-0.2, -0.15) is 0 Å². The molecule has 2 rings (SSSR count). The number of ether oxygens (including phenoxy) is 1. The number of benzene rings is 1. The van der Waals surface area contributed by atoms with E-state index in [1.54, 1.807) is 0 Å². The molecule has 1 aliphatic heterocycles. The average molecular weight is 249 g/mol. The fraction of sp³-hybridized carbons (Fsp3) is 0.600. The number of aliphatic hydroxyl groups excluding tert-OH is 1. The maximum atomic E-state index is 9.63. The number of hydrogen-bond acceptors (Lipinski definition) is 3. The molecule has 3 nitrogen and oxygen atoms in total. The number of hydrogen-bond donors (Lipinski definition) is 1. The Morgan fingerprint density at radius 3 is 2.39 bits per heavy atom. The maximum absolute atomic E-state index is 9.63. The lowest BCUT2D eigenvalue weighted by molar-refractivity contribution is 0.104. The third-order valence-electron chi connectivity index (χ3n) is 3.58. The fourth-order valence-electron chi connectivity index (χ4n) is 2.61. The Balaban J connectivity index is 2.06. The molecule has 0 bridgehead atoms. The molecule has 0 amide bonds. The smallest absolute Gasteiger partial charge is 0.119 e. The van der Waals surface area contributed by atoms with E-state index in [1.807, 2.05) is 19.1 Å². The van der Waals surface area contributed by atoms with E-state index in [4.69, 9.17) is 4.74 Å². The van der Waals surface area contributed by atoms with Crippen LogP contribution >= 0.6 is 0 Å². The minimum Gasteiger partial charge on any atom is -0.494 e. The second-order valence-corrected chi connectivity index (χ2v) is 4.80. The summed E-state index contributed by atoms with van der Waals surface area (Å²) in [5.41, 5.74) is 1.18. The third-order valence-corrected chi connectivity index (χ3v) is 3.58. The van der Waals surface area contributed by atoms with Gasteiger partial charge in [-0.25, -0.2) is 0 Å². The Morgan fingerprint density at radius 1 is 1.17 bits per heavy atom. The standard InChI is InChI=1S/C15H23NO2/c1-2-18-14-8-6-13(7-9-14)15(12-17)16-10-4-3-5-11-16/h6-9,15,17H,2-5,10-12H2,1H3/t15-/m0/s1. The third kappa shape index (κ3) is 3.24. The van der Waals surface area contributed by atoms with Crippen LogP contribution < -0.4 is 4.74 Å². The Bertz CT molecular complexity index is 344. The Morgan fingerprint density at radius 2 is 1.83 bits per heavy atom. The van der Waals surface area contributed by atoms with E-state index in [0.717, 1.165) is 18.8 Å². The van der Waals surface area contributed by atoms with Crippen LogP contribution in [0.1, 0.15) is 37.8 Å². The first-order valence-corrected chi connectivity index (χ1v) is 6.93. The van der Waals surface area contributed by atoms with E-state index < -0.39 is 0 Å². The van der Waals surface area contributed by atoms with Gasteiger partial charge in [-0.15, -0.1) is 0 Å². The summed E-state index contributed by atoms with van der Waals surface area (Å²) in [6.07, 6.45) is 3.80. The topological polar surface area (TPSA) is 32.7 Å². The van der Waals surface area contributed by atoms with Crippen molar-refractivity contribution in [3.63, 3.8) is 0 Å². The second kappa shape index (κ2) is 6.76. The van der Waals surface area contributed by atoms with Gasteiger partial charge in [-0.1, -0.05) is 18.6 Å².